The molecule has 2 aromatic carbocycles. The Morgan fingerprint density at radius 1 is 1.04 bits per heavy atom. The van der Waals surface area contributed by atoms with Crippen molar-refractivity contribution in [1.29, 1.82) is 0 Å². The lowest BCUT2D eigenvalue weighted by atomic mass is 10.0. The van der Waals surface area contributed by atoms with Crippen molar-refractivity contribution < 1.29 is 9.59 Å². The van der Waals surface area contributed by atoms with E-state index in [9.17, 15) is 9.59 Å². The van der Waals surface area contributed by atoms with Crippen LogP contribution in [-0.4, -0.2) is 17.9 Å². The largest absolute Gasteiger partial charge is 0.325 e. The van der Waals surface area contributed by atoms with Gasteiger partial charge in [-0.15, -0.1) is 0 Å². The minimum absolute atomic E-state index is 0.0568. The van der Waals surface area contributed by atoms with Gasteiger partial charge in [-0.1, -0.05) is 36.4 Å². The summed E-state index contributed by atoms with van der Waals surface area (Å²) < 4.78 is 0. The molecule has 4 heteroatoms. The Morgan fingerprint density at radius 3 is 2.35 bits per heavy atom. The van der Waals surface area contributed by atoms with E-state index in [1.807, 2.05) is 55.1 Å². The van der Waals surface area contributed by atoms with E-state index in [0.717, 1.165) is 28.9 Å². The molecule has 1 N–H and O–H groups in total. The number of carbonyl (C=O) groups excluding carboxylic acids is 2. The third-order valence-electron chi connectivity index (χ3n) is 5.74. The number of hydrogen-bond donors (Lipinski definition) is 1. The number of aryl methyl sites for hydroxylation is 2. The predicted molar refractivity (Wildman–Crippen MR) is 103 cm³/mol. The molecule has 1 aliphatic heterocycles. The molecule has 1 fully saturated rings. The quantitative estimate of drug-likeness (QED) is 0.853. The van der Waals surface area contributed by atoms with Gasteiger partial charge in [-0.05, 0) is 62.8 Å². The highest BCUT2D eigenvalue weighted by Crippen LogP contribution is 2.50. The second-order valence-electron chi connectivity index (χ2n) is 7.66. The minimum Gasteiger partial charge on any atom is -0.325 e. The van der Waals surface area contributed by atoms with Crippen molar-refractivity contribution in [3.05, 3.63) is 59.2 Å². The van der Waals surface area contributed by atoms with Crippen LogP contribution in [0.2, 0.25) is 0 Å². The Morgan fingerprint density at radius 2 is 1.69 bits per heavy atom. The zero-order chi connectivity index (χ0) is 18.5. The van der Waals surface area contributed by atoms with Crippen molar-refractivity contribution in [3.8, 4) is 0 Å². The van der Waals surface area contributed by atoms with Crippen LogP contribution in [0.25, 0.3) is 0 Å². The average molecular weight is 348 g/mol. The van der Waals surface area contributed by atoms with E-state index in [0.29, 0.717) is 12.8 Å². The fourth-order valence-corrected chi connectivity index (χ4v) is 4.01. The minimum atomic E-state index is -0.916. The Bertz CT molecular complexity index is 879. The van der Waals surface area contributed by atoms with Crippen molar-refractivity contribution in [3.63, 3.8) is 0 Å². The van der Waals surface area contributed by atoms with Gasteiger partial charge in [-0.25, -0.2) is 0 Å². The molecular weight excluding hydrogens is 324 g/mol. The first kappa shape index (κ1) is 16.8. The van der Waals surface area contributed by atoms with Gasteiger partial charge in [-0.2, -0.15) is 0 Å². The lowest BCUT2D eigenvalue weighted by molar-refractivity contribution is -0.132. The Hall–Kier alpha value is -2.62. The molecule has 2 aromatic rings. The highest BCUT2D eigenvalue weighted by Gasteiger charge is 2.59. The summed E-state index contributed by atoms with van der Waals surface area (Å²) in [6.45, 7) is 6.00. The van der Waals surface area contributed by atoms with Gasteiger partial charge >= 0.3 is 0 Å². The third-order valence-corrected chi connectivity index (χ3v) is 5.74. The van der Waals surface area contributed by atoms with Gasteiger partial charge in [0.05, 0.1) is 0 Å². The lowest BCUT2D eigenvalue weighted by Gasteiger charge is -2.27. The summed E-state index contributed by atoms with van der Waals surface area (Å²) in [7, 11) is 0. The van der Waals surface area contributed by atoms with E-state index >= 15 is 0 Å². The lowest BCUT2D eigenvalue weighted by Crippen LogP contribution is -2.45. The topological polar surface area (TPSA) is 49.4 Å². The third kappa shape index (κ3) is 2.52. The molecule has 0 saturated heterocycles. The Balaban J connectivity index is 1.61. The van der Waals surface area contributed by atoms with E-state index in [-0.39, 0.29) is 17.9 Å². The van der Waals surface area contributed by atoms with Crippen LogP contribution in [0.1, 0.15) is 36.5 Å². The van der Waals surface area contributed by atoms with Gasteiger partial charge < -0.3 is 10.2 Å². The summed E-state index contributed by atoms with van der Waals surface area (Å²) >= 11 is 0. The second kappa shape index (κ2) is 5.97. The van der Waals surface area contributed by atoms with Gasteiger partial charge in [0.25, 0.3) is 0 Å². The van der Waals surface area contributed by atoms with Crippen LogP contribution in [0.3, 0.4) is 0 Å². The molecule has 4 nitrogen and oxygen atoms in total. The summed E-state index contributed by atoms with van der Waals surface area (Å²) in [6.07, 6.45) is 2.08. The molecule has 2 aliphatic rings. The summed E-state index contributed by atoms with van der Waals surface area (Å²) in [5.41, 5.74) is 4.07. The summed E-state index contributed by atoms with van der Waals surface area (Å²) in [5.74, 6) is -0.227. The Labute approximate surface area is 154 Å². The number of rotatable bonds is 3. The zero-order valence-electron chi connectivity index (χ0n) is 15.5. The van der Waals surface area contributed by atoms with E-state index in [1.165, 1.54) is 5.56 Å². The molecule has 2 amide bonds. The molecule has 26 heavy (non-hydrogen) atoms. The van der Waals surface area contributed by atoms with Crippen molar-refractivity contribution in [2.75, 3.05) is 10.2 Å². The fraction of sp³-hybridized carbons (Fsp3) is 0.364. The standard InChI is InChI=1S/C22H24N2O2/c1-14-7-6-8-15(2)19(14)23-20(25)22(11-12-22)21(26)24-16(3)13-17-9-4-5-10-18(17)24/h4-10,16H,11-13H2,1-3H3,(H,23,25). The van der Waals surface area contributed by atoms with Crippen molar-refractivity contribution >= 4 is 23.2 Å². The van der Waals surface area contributed by atoms with Crippen LogP contribution in [0.15, 0.2) is 42.5 Å². The number of nitrogens with zero attached hydrogens (tertiary/aromatic N) is 1. The maximum Gasteiger partial charge on any atom is 0.242 e. The predicted octanol–water partition coefficient (Wildman–Crippen LogP) is 4.00. The number of amides is 2. The molecule has 134 valence electrons. The van der Waals surface area contributed by atoms with Gasteiger partial charge in [0.2, 0.25) is 11.8 Å². The first-order valence-corrected chi connectivity index (χ1v) is 9.23. The van der Waals surface area contributed by atoms with Crippen molar-refractivity contribution in [2.45, 2.75) is 46.1 Å². The molecule has 1 saturated carbocycles. The number of carbonyl (C=O) groups is 2. The maximum absolute atomic E-state index is 13.4. The summed E-state index contributed by atoms with van der Waals surface area (Å²) in [6, 6.07) is 14.0. The molecule has 0 radical (unpaired) electrons. The highest BCUT2D eigenvalue weighted by molar-refractivity contribution is 6.18. The van der Waals surface area contributed by atoms with E-state index in [1.54, 1.807) is 0 Å². The molecule has 1 heterocycles. The maximum atomic E-state index is 13.4. The average Bonchev–Trinajstić information content (AvgIpc) is 3.35. The van der Waals surface area contributed by atoms with Gasteiger partial charge in [0.1, 0.15) is 5.41 Å². The van der Waals surface area contributed by atoms with Crippen LogP contribution in [0.5, 0.6) is 0 Å². The molecule has 1 atom stereocenters. The van der Waals surface area contributed by atoms with E-state index in [2.05, 4.69) is 18.3 Å². The van der Waals surface area contributed by atoms with E-state index in [4.69, 9.17) is 0 Å². The summed E-state index contributed by atoms with van der Waals surface area (Å²) in [4.78, 5) is 28.3. The molecular formula is C22H24N2O2. The molecule has 0 bridgehead atoms. The first-order valence-electron chi connectivity index (χ1n) is 9.23. The van der Waals surface area contributed by atoms with Crippen LogP contribution in [0.4, 0.5) is 11.4 Å². The van der Waals surface area contributed by atoms with Crippen LogP contribution >= 0.6 is 0 Å². The van der Waals surface area contributed by atoms with Gasteiger partial charge in [0.15, 0.2) is 0 Å². The molecule has 1 aliphatic carbocycles. The first-order chi connectivity index (χ1) is 12.4. The van der Waals surface area contributed by atoms with Crippen LogP contribution in [0, 0.1) is 19.3 Å². The van der Waals surface area contributed by atoms with E-state index < -0.39 is 5.41 Å². The summed E-state index contributed by atoms with van der Waals surface area (Å²) in [5, 5.41) is 3.04. The van der Waals surface area contributed by atoms with Crippen molar-refractivity contribution in [2.24, 2.45) is 5.41 Å². The smallest absolute Gasteiger partial charge is 0.242 e. The highest BCUT2D eigenvalue weighted by atomic mass is 16.2. The monoisotopic (exact) mass is 348 g/mol. The van der Waals surface area contributed by atoms with Gasteiger partial charge in [-0.3, -0.25) is 9.59 Å². The number of hydrogen-bond acceptors (Lipinski definition) is 2. The fourth-order valence-electron chi connectivity index (χ4n) is 4.01. The number of para-hydroxylation sites is 2. The zero-order valence-corrected chi connectivity index (χ0v) is 15.5. The molecule has 0 aromatic heterocycles. The second-order valence-corrected chi connectivity index (χ2v) is 7.66. The van der Waals surface area contributed by atoms with Crippen LogP contribution < -0.4 is 10.2 Å². The Kier molecular flexibility index (Phi) is 3.87. The van der Waals surface area contributed by atoms with Crippen LogP contribution in [-0.2, 0) is 16.0 Å². The molecule has 0 spiro atoms. The number of nitrogens with one attached hydrogen (secondary N) is 1. The SMILES string of the molecule is Cc1cccc(C)c1NC(=O)C1(C(=O)N2c3ccccc3CC2C)CC1. The normalized spacial score (nSPS) is 19.8. The number of fused-ring (bicyclic) bond motifs is 1. The van der Waals surface area contributed by atoms with Crippen molar-refractivity contribution in [1.82, 2.24) is 0 Å². The molecule has 1 unspecified atom stereocenters. The number of anilines is 2. The number of benzene rings is 2. The van der Waals surface area contributed by atoms with Gasteiger partial charge in [0, 0.05) is 17.4 Å². The molecule has 4 rings (SSSR count).